The van der Waals surface area contributed by atoms with Gasteiger partial charge >= 0.3 is 5.97 Å². The van der Waals surface area contributed by atoms with E-state index in [0.29, 0.717) is 17.0 Å². The van der Waals surface area contributed by atoms with E-state index < -0.39 is 12.1 Å². The summed E-state index contributed by atoms with van der Waals surface area (Å²) < 4.78 is 10.6. The van der Waals surface area contributed by atoms with E-state index in [1.807, 2.05) is 42.5 Å². The van der Waals surface area contributed by atoms with Gasteiger partial charge in [0.1, 0.15) is 5.75 Å². The lowest BCUT2D eigenvalue weighted by Gasteiger charge is -2.17. The lowest BCUT2D eigenvalue weighted by Crippen LogP contribution is -2.30. The average molecular weight is 349 g/mol. The fraction of sp³-hybridized carbons (Fsp3) is 0.143. The number of anilines is 1. The van der Waals surface area contributed by atoms with Gasteiger partial charge in [0.15, 0.2) is 6.10 Å². The Morgan fingerprint density at radius 1 is 0.923 bits per heavy atom. The molecule has 0 spiro atoms. The van der Waals surface area contributed by atoms with E-state index in [4.69, 9.17) is 9.47 Å². The molecule has 0 fully saturated rings. The molecule has 0 aliphatic rings. The average Bonchev–Trinajstić information content (AvgIpc) is 2.68. The lowest BCUT2D eigenvalue weighted by atomic mass is 10.1. The van der Waals surface area contributed by atoms with Crippen LogP contribution < -0.4 is 10.1 Å². The molecule has 26 heavy (non-hydrogen) atoms. The molecule has 0 unspecified atom stereocenters. The van der Waals surface area contributed by atoms with Crippen molar-refractivity contribution in [3.8, 4) is 5.75 Å². The maximum absolute atomic E-state index is 12.5. The largest absolute Gasteiger partial charge is 0.480 e. The summed E-state index contributed by atoms with van der Waals surface area (Å²) in [4.78, 5) is 24.3. The van der Waals surface area contributed by atoms with Crippen molar-refractivity contribution >= 4 is 28.3 Å². The number of para-hydroxylation sites is 1. The van der Waals surface area contributed by atoms with Gasteiger partial charge in [0.25, 0.3) is 5.91 Å². The molecule has 5 heteroatoms. The van der Waals surface area contributed by atoms with Crippen LogP contribution in [0.25, 0.3) is 10.8 Å². The fourth-order valence-electron chi connectivity index (χ4n) is 2.66. The van der Waals surface area contributed by atoms with Crippen LogP contribution in [-0.2, 0) is 9.53 Å². The minimum Gasteiger partial charge on any atom is -0.480 e. The fourth-order valence-corrected chi connectivity index (χ4v) is 2.66. The van der Waals surface area contributed by atoms with Crippen molar-refractivity contribution in [1.82, 2.24) is 0 Å². The smallest absolute Gasteiger partial charge is 0.339 e. The number of carbonyl (C=O) groups is 2. The van der Waals surface area contributed by atoms with Crippen molar-refractivity contribution in [3.63, 3.8) is 0 Å². The molecule has 3 rings (SSSR count). The molecule has 0 saturated carbocycles. The normalized spacial score (nSPS) is 11.6. The van der Waals surface area contributed by atoms with Crippen molar-refractivity contribution < 1.29 is 19.1 Å². The van der Waals surface area contributed by atoms with Gasteiger partial charge in [-0.1, -0.05) is 48.5 Å². The maximum Gasteiger partial charge on any atom is 0.339 e. The molecule has 0 aromatic heterocycles. The molecular formula is C21H19NO4. The molecule has 5 nitrogen and oxygen atoms in total. The molecule has 1 atom stereocenters. The molecule has 132 valence electrons. The number of ether oxygens (including phenoxy) is 2. The highest BCUT2D eigenvalue weighted by molar-refractivity contribution is 6.02. The zero-order valence-corrected chi connectivity index (χ0v) is 14.6. The number of amides is 1. The standard InChI is InChI=1S/C21H19NO4/c1-14(26-19-13-7-9-15-8-3-4-10-16(15)19)20(23)22-18-12-6-5-11-17(18)21(24)25-2/h3-14H,1-2H3,(H,22,23)/t14-/m1/s1. The quantitative estimate of drug-likeness (QED) is 0.706. The van der Waals surface area contributed by atoms with Crippen LogP contribution in [0.4, 0.5) is 5.69 Å². The van der Waals surface area contributed by atoms with Crippen LogP contribution >= 0.6 is 0 Å². The van der Waals surface area contributed by atoms with Crippen molar-refractivity contribution in [1.29, 1.82) is 0 Å². The van der Waals surface area contributed by atoms with Crippen LogP contribution in [0.3, 0.4) is 0 Å². The first kappa shape index (κ1) is 17.5. The molecule has 0 radical (unpaired) electrons. The second-order valence-corrected chi connectivity index (χ2v) is 5.76. The minimum atomic E-state index is -0.744. The third-order valence-electron chi connectivity index (χ3n) is 4.01. The molecule has 0 aliphatic heterocycles. The van der Waals surface area contributed by atoms with E-state index in [-0.39, 0.29) is 5.91 Å². The lowest BCUT2D eigenvalue weighted by molar-refractivity contribution is -0.122. The van der Waals surface area contributed by atoms with Crippen LogP contribution in [0.2, 0.25) is 0 Å². The molecule has 0 aliphatic carbocycles. The molecule has 3 aromatic rings. The van der Waals surface area contributed by atoms with Crippen LogP contribution in [0.15, 0.2) is 66.7 Å². The summed E-state index contributed by atoms with van der Waals surface area (Å²) in [6.07, 6.45) is -0.744. The van der Waals surface area contributed by atoms with Crippen LogP contribution in [-0.4, -0.2) is 25.1 Å². The van der Waals surface area contributed by atoms with Gasteiger partial charge in [0, 0.05) is 5.39 Å². The molecule has 3 aromatic carbocycles. The maximum atomic E-state index is 12.5. The topological polar surface area (TPSA) is 64.6 Å². The number of carbonyl (C=O) groups excluding carboxylic acids is 2. The first-order valence-corrected chi connectivity index (χ1v) is 8.23. The molecule has 0 saturated heterocycles. The van der Waals surface area contributed by atoms with Gasteiger partial charge in [0.2, 0.25) is 0 Å². The Morgan fingerprint density at radius 3 is 2.42 bits per heavy atom. The number of hydrogen-bond acceptors (Lipinski definition) is 4. The predicted octanol–water partition coefficient (Wildman–Crippen LogP) is 4.03. The van der Waals surface area contributed by atoms with Gasteiger partial charge in [-0.3, -0.25) is 4.79 Å². The van der Waals surface area contributed by atoms with E-state index in [0.717, 1.165) is 10.8 Å². The molecule has 0 bridgehead atoms. The Bertz CT molecular complexity index is 946. The van der Waals surface area contributed by atoms with E-state index in [2.05, 4.69) is 5.32 Å². The van der Waals surface area contributed by atoms with Crippen LogP contribution in [0.5, 0.6) is 5.75 Å². The highest BCUT2D eigenvalue weighted by Gasteiger charge is 2.19. The molecular weight excluding hydrogens is 330 g/mol. The van der Waals surface area contributed by atoms with E-state index in [1.54, 1.807) is 31.2 Å². The van der Waals surface area contributed by atoms with E-state index >= 15 is 0 Å². The van der Waals surface area contributed by atoms with Crippen molar-refractivity contribution in [3.05, 3.63) is 72.3 Å². The Balaban J connectivity index is 1.78. The Morgan fingerprint density at radius 2 is 1.62 bits per heavy atom. The summed E-state index contributed by atoms with van der Waals surface area (Å²) in [5, 5.41) is 4.70. The van der Waals surface area contributed by atoms with Gasteiger partial charge in [-0.25, -0.2) is 4.79 Å². The third kappa shape index (κ3) is 3.67. The number of nitrogens with one attached hydrogen (secondary N) is 1. The second-order valence-electron chi connectivity index (χ2n) is 5.76. The van der Waals surface area contributed by atoms with Crippen LogP contribution in [0, 0.1) is 0 Å². The van der Waals surface area contributed by atoms with E-state index in [9.17, 15) is 9.59 Å². The van der Waals surface area contributed by atoms with E-state index in [1.165, 1.54) is 7.11 Å². The summed E-state index contributed by atoms with van der Waals surface area (Å²) in [5.41, 5.74) is 0.679. The summed E-state index contributed by atoms with van der Waals surface area (Å²) >= 11 is 0. The SMILES string of the molecule is COC(=O)c1ccccc1NC(=O)[C@@H](C)Oc1cccc2ccccc12. The summed E-state index contributed by atoms with van der Waals surface area (Å²) in [6, 6.07) is 20.2. The predicted molar refractivity (Wildman–Crippen MR) is 100 cm³/mol. The highest BCUT2D eigenvalue weighted by atomic mass is 16.5. The van der Waals surface area contributed by atoms with Crippen molar-refractivity contribution in [2.75, 3.05) is 12.4 Å². The highest BCUT2D eigenvalue weighted by Crippen LogP contribution is 2.26. The Labute approximate surface area is 151 Å². The number of rotatable bonds is 5. The monoisotopic (exact) mass is 349 g/mol. The molecule has 1 N–H and O–H groups in total. The summed E-state index contributed by atoms with van der Waals surface area (Å²) in [6.45, 7) is 1.66. The zero-order valence-electron chi connectivity index (χ0n) is 14.6. The Kier molecular flexibility index (Phi) is 5.17. The summed E-state index contributed by atoms with van der Waals surface area (Å²) in [7, 11) is 1.30. The van der Waals surface area contributed by atoms with Crippen molar-refractivity contribution in [2.24, 2.45) is 0 Å². The number of methoxy groups -OCH3 is 1. The van der Waals surface area contributed by atoms with Gasteiger partial charge in [0.05, 0.1) is 18.4 Å². The Hall–Kier alpha value is -3.34. The number of benzene rings is 3. The number of esters is 1. The molecule has 1 amide bonds. The second kappa shape index (κ2) is 7.70. The van der Waals surface area contributed by atoms with Gasteiger partial charge in [-0.05, 0) is 30.5 Å². The number of fused-ring (bicyclic) bond motifs is 1. The molecule has 0 heterocycles. The first-order valence-electron chi connectivity index (χ1n) is 8.23. The van der Waals surface area contributed by atoms with Crippen LogP contribution in [0.1, 0.15) is 17.3 Å². The zero-order chi connectivity index (χ0) is 18.5. The summed E-state index contributed by atoms with van der Waals surface area (Å²) in [5.74, 6) is -0.232. The van der Waals surface area contributed by atoms with Gasteiger partial charge in [-0.15, -0.1) is 0 Å². The third-order valence-corrected chi connectivity index (χ3v) is 4.01. The van der Waals surface area contributed by atoms with Gasteiger partial charge in [-0.2, -0.15) is 0 Å². The van der Waals surface area contributed by atoms with Crippen molar-refractivity contribution in [2.45, 2.75) is 13.0 Å². The first-order chi connectivity index (χ1) is 12.6. The van der Waals surface area contributed by atoms with Gasteiger partial charge < -0.3 is 14.8 Å². The number of hydrogen-bond donors (Lipinski definition) is 1. The minimum absolute atomic E-state index is 0.292.